The molecule has 0 N–H and O–H groups in total. The Morgan fingerprint density at radius 3 is 2.68 bits per heavy atom. The molecule has 2 unspecified atom stereocenters. The molecule has 0 aromatic heterocycles. The summed E-state index contributed by atoms with van der Waals surface area (Å²) in [4.78, 5) is 8.13. The maximum Gasteiger partial charge on any atom is 0.161 e. The first kappa shape index (κ1) is 18.8. The Morgan fingerprint density at radius 1 is 1.04 bits per heavy atom. The standard InChI is InChI=1S/C22H26N2O4/c1-25-10-11-27-19-9-8-16(12-20(19)26-2)13-24-14-18-21(15-24)28-23-22(18)17-6-4-3-5-7-17/h3-9,12,18,21H,10-11,13-15H2,1-2H3. The van der Waals surface area contributed by atoms with Gasteiger partial charge in [-0.05, 0) is 23.3 Å². The molecule has 6 nitrogen and oxygen atoms in total. The van der Waals surface area contributed by atoms with E-state index < -0.39 is 0 Å². The predicted molar refractivity (Wildman–Crippen MR) is 107 cm³/mol. The maximum atomic E-state index is 5.72. The number of ether oxygens (including phenoxy) is 3. The molecule has 0 saturated carbocycles. The predicted octanol–water partition coefficient (Wildman–Crippen LogP) is 2.96. The number of likely N-dealkylation sites (tertiary alicyclic amines) is 1. The van der Waals surface area contributed by atoms with E-state index in [0.717, 1.165) is 42.4 Å². The Hall–Kier alpha value is -2.57. The van der Waals surface area contributed by atoms with Crippen molar-refractivity contribution in [3.05, 3.63) is 59.7 Å². The van der Waals surface area contributed by atoms with Crippen molar-refractivity contribution in [1.82, 2.24) is 4.90 Å². The molecule has 2 aliphatic heterocycles. The van der Waals surface area contributed by atoms with Crippen molar-refractivity contribution in [3.63, 3.8) is 0 Å². The maximum absolute atomic E-state index is 5.72. The zero-order valence-electron chi connectivity index (χ0n) is 16.3. The molecule has 148 valence electrons. The minimum atomic E-state index is 0.133. The third-order valence-electron chi connectivity index (χ3n) is 5.23. The van der Waals surface area contributed by atoms with Crippen LogP contribution in [0.5, 0.6) is 11.5 Å². The van der Waals surface area contributed by atoms with Gasteiger partial charge in [-0.25, -0.2) is 0 Å². The quantitative estimate of drug-likeness (QED) is 0.657. The molecule has 0 radical (unpaired) electrons. The van der Waals surface area contributed by atoms with E-state index in [9.17, 15) is 0 Å². The van der Waals surface area contributed by atoms with Gasteiger partial charge < -0.3 is 19.0 Å². The smallest absolute Gasteiger partial charge is 0.161 e. The summed E-state index contributed by atoms with van der Waals surface area (Å²) >= 11 is 0. The van der Waals surface area contributed by atoms with Gasteiger partial charge in [-0.15, -0.1) is 0 Å². The lowest BCUT2D eigenvalue weighted by molar-refractivity contribution is 0.0745. The number of methoxy groups -OCH3 is 2. The molecule has 2 aliphatic rings. The Balaban J connectivity index is 1.40. The number of oxime groups is 1. The van der Waals surface area contributed by atoms with Crippen LogP contribution >= 0.6 is 0 Å². The highest BCUT2D eigenvalue weighted by molar-refractivity contribution is 6.03. The van der Waals surface area contributed by atoms with Crippen LogP contribution < -0.4 is 9.47 Å². The van der Waals surface area contributed by atoms with Crippen molar-refractivity contribution in [3.8, 4) is 11.5 Å². The Labute approximate surface area is 165 Å². The molecule has 0 bridgehead atoms. The summed E-state index contributed by atoms with van der Waals surface area (Å²) in [5, 5.41) is 4.35. The molecule has 0 amide bonds. The van der Waals surface area contributed by atoms with Crippen LogP contribution in [0.1, 0.15) is 11.1 Å². The second kappa shape index (κ2) is 8.63. The Morgan fingerprint density at radius 2 is 1.89 bits per heavy atom. The summed E-state index contributed by atoms with van der Waals surface area (Å²) in [5.41, 5.74) is 3.40. The molecule has 0 aliphatic carbocycles. The van der Waals surface area contributed by atoms with E-state index in [1.54, 1.807) is 14.2 Å². The van der Waals surface area contributed by atoms with Gasteiger partial charge in [-0.3, -0.25) is 4.90 Å². The normalized spacial score (nSPS) is 21.1. The van der Waals surface area contributed by atoms with E-state index in [-0.39, 0.29) is 6.10 Å². The highest BCUT2D eigenvalue weighted by atomic mass is 16.6. The van der Waals surface area contributed by atoms with Crippen LogP contribution in [0.4, 0.5) is 0 Å². The highest BCUT2D eigenvalue weighted by Gasteiger charge is 2.42. The zero-order valence-corrected chi connectivity index (χ0v) is 16.3. The van der Waals surface area contributed by atoms with Crippen LogP contribution in [0.15, 0.2) is 53.7 Å². The minimum absolute atomic E-state index is 0.133. The highest BCUT2D eigenvalue weighted by Crippen LogP contribution is 2.33. The lowest BCUT2D eigenvalue weighted by Crippen LogP contribution is -2.23. The van der Waals surface area contributed by atoms with Crippen LogP contribution in [0.2, 0.25) is 0 Å². The first-order valence-electron chi connectivity index (χ1n) is 9.58. The van der Waals surface area contributed by atoms with Gasteiger partial charge in [0.2, 0.25) is 0 Å². The van der Waals surface area contributed by atoms with E-state index >= 15 is 0 Å². The molecule has 0 spiro atoms. The van der Waals surface area contributed by atoms with Crippen LogP contribution in [0.3, 0.4) is 0 Å². The summed E-state index contributed by atoms with van der Waals surface area (Å²) in [6.07, 6.45) is 0.133. The van der Waals surface area contributed by atoms with Gasteiger partial charge in [0.1, 0.15) is 12.7 Å². The Bertz CT molecular complexity index is 825. The van der Waals surface area contributed by atoms with Gasteiger partial charge in [-0.1, -0.05) is 41.6 Å². The van der Waals surface area contributed by atoms with E-state index in [1.165, 1.54) is 5.56 Å². The third kappa shape index (κ3) is 3.98. The molecule has 2 aromatic rings. The molecule has 4 rings (SSSR count). The zero-order chi connectivity index (χ0) is 19.3. The van der Waals surface area contributed by atoms with Gasteiger partial charge >= 0.3 is 0 Å². The average Bonchev–Trinajstić information content (AvgIpc) is 3.30. The van der Waals surface area contributed by atoms with Gasteiger partial charge in [0, 0.05) is 26.7 Å². The van der Waals surface area contributed by atoms with Crippen LogP contribution in [-0.4, -0.2) is 57.2 Å². The molecule has 1 fully saturated rings. The van der Waals surface area contributed by atoms with Crippen molar-refractivity contribution in [2.75, 3.05) is 40.5 Å². The van der Waals surface area contributed by atoms with Crippen LogP contribution in [-0.2, 0) is 16.1 Å². The van der Waals surface area contributed by atoms with Crippen molar-refractivity contribution >= 4 is 5.71 Å². The summed E-state index contributed by atoms with van der Waals surface area (Å²) in [7, 11) is 3.33. The fraction of sp³-hybridized carbons (Fsp3) is 0.409. The fourth-order valence-corrected chi connectivity index (χ4v) is 3.84. The van der Waals surface area contributed by atoms with Crippen molar-refractivity contribution in [2.24, 2.45) is 11.1 Å². The topological polar surface area (TPSA) is 52.5 Å². The first-order chi connectivity index (χ1) is 13.8. The molecule has 2 aromatic carbocycles. The SMILES string of the molecule is COCCOc1ccc(CN2CC3ON=C(c4ccccc4)C3C2)cc1OC. The molecule has 6 heteroatoms. The van der Waals surface area contributed by atoms with Crippen molar-refractivity contribution < 1.29 is 19.0 Å². The largest absolute Gasteiger partial charge is 0.493 e. The van der Waals surface area contributed by atoms with Gasteiger partial charge in [0.15, 0.2) is 11.5 Å². The number of hydrogen-bond acceptors (Lipinski definition) is 6. The lowest BCUT2D eigenvalue weighted by Gasteiger charge is -2.18. The summed E-state index contributed by atoms with van der Waals surface area (Å²) < 4.78 is 16.3. The Kier molecular flexibility index (Phi) is 5.78. The van der Waals surface area contributed by atoms with Gasteiger partial charge in [0.25, 0.3) is 0 Å². The minimum Gasteiger partial charge on any atom is -0.493 e. The van der Waals surface area contributed by atoms with Crippen LogP contribution in [0.25, 0.3) is 0 Å². The second-order valence-corrected chi connectivity index (χ2v) is 7.11. The first-order valence-corrected chi connectivity index (χ1v) is 9.58. The molecule has 28 heavy (non-hydrogen) atoms. The van der Waals surface area contributed by atoms with E-state index in [4.69, 9.17) is 19.0 Å². The average molecular weight is 382 g/mol. The second-order valence-electron chi connectivity index (χ2n) is 7.11. The van der Waals surface area contributed by atoms with Gasteiger partial charge in [-0.2, -0.15) is 0 Å². The fourth-order valence-electron chi connectivity index (χ4n) is 3.84. The van der Waals surface area contributed by atoms with E-state index in [0.29, 0.717) is 19.1 Å². The van der Waals surface area contributed by atoms with E-state index in [1.807, 2.05) is 30.3 Å². The van der Waals surface area contributed by atoms with E-state index in [2.05, 4.69) is 28.3 Å². The lowest BCUT2D eigenvalue weighted by atomic mass is 9.95. The van der Waals surface area contributed by atoms with Gasteiger partial charge in [0.05, 0.1) is 25.3 Å². The molecular weight excluding hydrogens is 356 g/mol. The molecular formula is C22H26N2O4. The number of nitrogens with zero attached hydrogens (tertiary/aromatic N) is 2. The monoisotopic (exact) mass is 382 g/mol. The number of benzene rings is 2. The number of hydrogen-bond donors (Lipinski definition) is 0. The number of rotatable bonds is 8. The molecule has 2 atom stereocenters. The summed E-state index contributed by atoms with van der Waals surface area (Å²) in [6.45, 7) is 3.70. The van der Waals surface area contributed by atoms with Crippen molar-refractivity contribution in [2.45, 2.75) is 12.6 Å². The van der Waals surface area contributed by atoms with Crippen molar-refractivity contribution in [1.29, 1.82) is 0 Å². The summed E-state index contributed by atoms with van der Waals surface area (Å²) in [6, 6.07) is 16.4. The molecule has 2 heterocycles. The number of fused-ring (bicyclic) bond motifs is 1. The van der Waals surface area contributed by atoms with Crippen LogP contribution in [0, 0.1) is 5.92 Å². The summed E-state index contributed by atoms with van der Waals surface area (Å²) in [5.74, 6) is 1.81. The molecule has 1 saturated heterocycles. The third-order valence-corrected chi connectivity index (χ3v) is 5.23.